The number of hydrogen-bond donors (Lipinski definition) is 1. The van der Waals surface area contributed by atoms with Crippen molar-refractivity contribution in [3.8, 4) is 11.5 Å². The van der Waals surface area contributed by atoms with Crippen molar-refractivity contribution in [3.05, 3.63) is 59.8 Å². The number of piperazine rings is 1. The molecule has 0 aliphatic carbocycles. The molecule has 4 rings (SSSR count). The average molecular weight is 462 g/mol. The lowest BCUT2D eigenvalue weighted by atomic mass is 9.98. The van der Waals surface area contributed by atoms with Crippen LogP contribution in [0.1, 0.15) is 31.9 Å². The van der Waals surface area contributed by atoms with Gasteiger partial charge in [0.05, 0.1) is 19.3 Å². The van der Waals surface area contributed by atoms with Crippen LogP contribution in [0, 0.1) is 13.8 Å². The zero-order valence-corrected chi connectivity index (χ0v) is 21.1. The summed E-state index contributed by atoms with van der Waals surface area (Å²) >= 11 is 0. The first-order valence-corrected chi connectivity index (χ1v) is 11.8. The number of aryl methyl sites for hydroxylation is 2. The van der Waals surface area contributed by atoms with E-state index in [0.29, 0.717) is 6.61 Å². The summed E-state index contributed by atoms with van der Waals surface area (Å²) in [5.41, 5.74) is 4.35. The predicted octanol–water partition coefficient (Wildman–Crippen LogP) is 5.35. The summed E-state index contributed by atoms with van der Waals surface area (Å²) in [6.07, 6.45) is 1.82. The van der Waals surface area contributed by atoms with E-state index >= 15 is 0 Å². The molecule has 1 N–H and O–H groups in total. The van der Waals surface area contributed by atoms with Gasteiger partial charge in [-0.05, 0) is 88.2 Å². The van der Waals surface area contributed by atoms with E-state index in [9.17, 15) is 0 Å². The van der Waals surface area contributed by atoms with Gasteiger partial charge in [0.2, 0.25) is 5.95 Å². The number of benzene rings is 2. The van der Waals surface area contributed by atoms with Gasteiger partial charge in [0.15, 0.2) is 0 Å². The van der Waals surface area contributed by atoms with Crippen molar-refractivity contribution in [2.45, 2.75) is 40.2 Å². The number of nitrogens with zero attached hydrogens (tertiary/aromatic N) is 4. The minimum atomic E-state index is -0.0809. The molecule has 180 valence electrons. The van der Waals surface area contributed by atoms with Crippen LogP contribution in [0.5, 0.6) is 11.5 Å². The third-order valence-corrected chi connectivity index (χ3v) is 6.30. The Balaban J connectivity index is 1.49. The number of nitrogens with one attached hydrogen (secondary N) is 1. The van der Waals surface area contributed by atoms with Crippen LogP contribution >= 0.6 is 0 Å². The number of methoxy groups -OCH3 is 1. The van der Waals surface area contributed by atoms with E-state index in [-0.39, 0.29) is 5.54 Å². The third-order valence-electron chi connectivity index (χ3n) is 6.30. The normalized spacial score (nSPS) is 15.2. The van der Waals surface area contributed by atoms with Crippen molar-refractivity contribution in [2.24, 2.45) is 0 Å². The molecule has 0 unspecified atom stereocenters. The fourth-order valence-electron chi connectivity index (χ4n) is 4.51. The molecule has 7 heteroatoms. The summed E-state index contributed by atoms with van der Waals surface area (Å²) < 4.78 is 11.0. The maximum absolute atomic E-state index is 5.72. The molecule has 1 fully saturated rings. The summed E-state index contributed by atoms with van der Waals surface area (Å²) in [6, 6.07) is 14.4. The average Bonchev–Trinajstić information content (AvgIpc) is 2.82. The summed E-state index contributed by atoms with van der Waals surface area (Å²) in [6.45, 7) is 13.9. The highest BCUT2D eigenvalue weighted by Crippen LogP contribution is 2.32. The van der Waals surface area contributed by atoms with Crippen LogP contribution in [0.25, 0.3) is 0 Å². The maximum Gasteiger partial charge on any atom is 0.227 e. The van der Waals surface area contributed by atoms with E-state index in [1.807, 2.05) is 31.3 Å². The Bertz CT molecular complexity index is 1130. The van der Waals surface area contributed by atoms with Crippen LogP contribution in [-0.4, -0.2) is 48.9 Å². The highest BCUT2D eigenvalue weighted by atomic mass is 16.5. The van der Waals surface area contributed by atoms with Gasteiger partial charge in [0.1, 0.15) is 17.3 Å². The van der Waals surface area contributed by atoms with E-state index < -0.39 is 0 Å². The SMILES string of the molecule is CCOc1cc(C)c(Nc2ccnc(N3CCN(c4ccc(OC)cc4)C(C)(C)C3)n2)cc1C. The predicted molar refractivity (Wildman–Crippen MR) is 139 cm³/mol. The second-order valence-electron chi connectivity index (χ2n) is 9.32. The largest absolute Gasteiger partial charge is 0.497 e. The van der Waals surface area contributed by atoms with Crippen LogP contribution in [0.15, 0.2) is 48.7 Å². The molecule has 1 aliphatic heterocycles. The van der Waals surface area contributed by atoms with Crippen LogP contribution in [-0.2, 0) is 0 Å². The Morgan fingerprint density at radius 2 is 1.79 bits per heavy atom. The molecule has 0 spiro atoms. The Kier molecular flexibility index (Phi) is 6.82. The summed E-state index contributed by atoms with van der Waals surface area (Å²) in [5.74, 6) is 3.32. The van der Waals surface area contributed by atoms with Crippen molar-refractivity contribution >= 4 is 23.1 Å². The summed E-state index contributed by atoms with van der Waals surface area (Å²) in [4.78, 5) is 14.1. The highest BCUT2D eigenvalue weighted by Gasteiger charge is 2.35. The van der Waals surface area contributed by atoms with Gasteiger partial charge < -0.3 is 24.6 Å². The minimum Gasteiger partial charge on any atom is -0.497 e. The zero-order chi connectivity index (χ0) is 24.3. The van der Waals surface area contributed by atoms with Gasteiger partial charge in [0, 0.05) is 37.2 Å². The quantitative estimate of drug-likeness (QED) is 0.509. The molecule has 0 amide bonds. The number of ether oxygens (including phenoxy) is 2. The van der Waals surface area contributed by atoms with Crippen molar-refractivity contribution < 1.29 is 9.47 Å². The lowest BCUT2D eigenvalue weighted by molar-refractivity contribution is 0.338. The van der Waals surface area contributed by atoms with Gasteiger partial charge in [-0.3, -0.25) is 0 Å². The third kappa shape index (κ3) is 5.03. The molecule has 0 atom stereocenters. The van der Waals surface area contributed by atoms with Crippen LogP contribution < -0.4 is 24.6 Å². The lowest BCUT2D eigenvalue weighted by Crippen LogP contribution is -2.60. The molecule has 0 bridgehead atoms. The molecule has 1 aliphatic rings. The Labute approximate surface area is 202 Å². The molecule has 1 saturated heterocycles. The molecule has 34 heavy (non-hydrogen) atoms. The Morgan fingerprint density at radius 3 is 2.47 bits per heavy atom. The topological polar surface area (TPSA) is 62.8 Å². The van der Waals surface area contributed by atoms with Gasteiger partial charge in [-0.15, -0.1) is 0 Å². The molecule has 7 nitrogen and oxygen atoms in total. The summed E-state index contributed by atoms with van der Waals surface area (Å²) in [5, 5.41) is 3.47. The van der Waals surface area contributed by atoms with Gasteiger partial charge in [0.25, 0.3) is 0 Å². The fourth-order valence-corrected chi connectivity index (χ4v) is 4.51. The molecule has 1 aromatic heterocycles. The number of aromatic nitrogens is 2. The highest BCUT2D eigenvalue weighted by molar-refractivity contribution is 5.64. The van der Waals surface area contributed by atoms with E-state index in [4.69, 9.17) is 14.5 Å². The first kappa shape index (κ1) is 23.7. The van der Waals surface area contributed by atoms with Gasteiger partial charge >= 0.3 is 0 Å². The first-order chi connectivity index (χ1) is 16.3. The van der Waals surface area contributed by atoms with Crippen molar-refractivity contribution in [1.82, 2.24) is 9.97 Å². The van der Waals surface area contributed by atoms with E-state index in [0.717, 1.165) is 59.7 Å². The zero-order valence-electron chi connectivity index (χ0n) is 21.1. The fraction of sp³-hybridized carbons (Fsp3) is 0.407. The van der Waals surface area contributed by atoms with E-state index in [1.165, 1.54) is 5.69 Å². The molecule has 2 heterocycles. The molecular weight excluding hydrogens is 426 g/mol. The van der Waals surface area contributed by atoms with Crippen LogP contribution in [0.3, 0.4) is 0 Å². The Hall–Kier alpha value is -3.48. The lowest BCUT2D eigenvalue weighted by Gasteiger charge is -2.48. The number of hydrogen-bond acceptors (Lipinski definition) is 7. The molecule has 0 radical (unpaired) electrons. The van der Waals surface area contributed by atoms with E-state index in [2.05, 4.69) is 72.1 Å². The molecule has 0 saturated carbocycles. The van der Waals surface area contributed by atoms with Crippen LogP contribution in [0.4, 0.5) is 23.1 Å². The summed E-state index contributed by atoms with van der Waals surface area (Å²) in [7, 11) is 1.69. The molecular formula is C27H35N5O2. The van der Waals surface area contributed by atoms with E-state index in [1.54, 1.807) is 7.11 Å². The van der Waals surface area contributed by atoms with Crippen molar-refractivity contribution in [1.29, 1.82) is 0 Å². The van der Waals surface area contributed by atoms with Crippen molar-refractivity contribution in [3.63, 3.8) is 0 Å². The smallest absolute Gasteiger partial charge is 0.227 e. The standard InChI is InChI=1S/C27H35N5O2/c1-7-34-24-17-19(2)23(16-20(24)3)29-25-12-13-28-26(30-25)31-14-15-32(27(4,5)18-31)21-8-10-22(33-6)11-9-21/h8-13,16-17H,7,14-15,18H2,1-6H3,(H,28,29,30). The van der Waals surface area contributed by atoms with Crippen molar-refractivity contribution in [2.75, 3.05) is 48.5 Å². The molecule has 2 aromatic carbocycles. The molecule has 3 aromatic rings. The van der Waals surface area contributed by atoms with Crippen LogP contribution in [0.2, 0.25) is 0 Å². The monoisotopic (exact) mass is 461 g/mol. The van der Waals surface area contributed by atoms with Gasteiger partial charge in [-0.25, -0.2) is 4.98 Å². The second kappa shape index (κ2) is 9.79. The second-order valence-corrected chi connectivity index (χ2v) is 9.32. The minimum absolute atomic E-state index is 0.0809. The number of rotatable bonds is 7. The van der Waals surface area contributed by atoms with Gasteiger partial charge in [-0.1, -0.05) is 0 Å². The number of anilines is 4. The maximum atomic E-state index is 5.72. The van der Waals surface area contributed by atoms with Gasteiger partial charge in [-0.2, -0.15) is 4.98 Å². The Morgan fingerprint density at radius 1 is 1.03 bits per heavy atom. The first-order valence-electron chi connectivity index (χ1n) is 11.8.